The SMILES string of the molecule is Cc1ccc(NC(=O)CN(C)c2nc3ccccc3s2)cc1. The number of anilines is 2. The third kappa shape index (κ3) is 3.26. The van der Waals surface area contributed by atoms with Crippen molar-refractivity contribution in [3.8, 4) is 0 Å². The number of rotatable bonds is 4. The second-order valence-corrected chi connectivity index (χ2v) is 6.24. The van der Waals surface area contributed by atoms with Gasteiger partial charge in [0.2, 0.25) is 5.91 Å². The molecular weight excluding hydrogens is 294 g/mol. The predicted octanol–water partition coefficient (Wildman–Crippen LogP) is 3.68. The molecule has 22 heavy (non-hydrogen) atoms. The highest BCUT2D eigenvalue weighted by Gasteiger charge is 2.12. The van der Waals surface area contributed by atoms with Gasteiger partial charge in [-0.3, -0.25) is 4.79 Å². The summed E-state index contributed by atoms with van der Waals surface area (Å²) in [6.45, 7) is 2.29. The third-order valence-electron chi connectivity index (χ3n) is 3.33. The van der Waals surface area contributed by atoms with Crippen molar-refractivity contribution < 1.29 is 4.79 Å². The molecule has 1 aromatic heterocycles. The van der Waals surface area contributed by atoms with Gasteiger partial charge in [-0.05, 0) is 31.2 Å². The van der Waals surface area contributed by atoms with Crippen molar-refractivity contribution >= 4 is 38.3 Å². The first-order valence-electron chi connectivity index (χ1n) is 7.05. The molecule has 0 fully saturated rings. The number of aromatic nitrogens is 1. The summed E-state index contributed by atoms with van der Waals surface area (Å²) >= 11 is 1.59. The lowest BCUT2D eigenvalue weighted by Crippen LogP contribution is -2.29. The van der Waals surface area contributed by atoms with Gasteiger partial charge < -0.3 is 10.2 Å². The zero-order chi connectivity index (χ0) is 15.5. The third-order valence-corrected chi connectivity index (χ3v) is 4.48. The molecule has 3 rings (SSSR count). The second-order valence-electron chi connectivity index (χ2n) is 5.23. The summed E-state index contributed by atoms with van der Waals surface area (Å²) in [4.78, 5) is 18.5. The number of hydrogen-bond acceptors (Lipinski definition) is 4. The van der Waals surface area contributed by atoms with Crippen molar-refractivity contribution in [1.82, 2.24) is 4.98 Å². The number of thiazole rings is 1. The van der Waals surface area contributed by atoms with Crippen molar-refractivity contribution in [2.24, 2.45) is 0 Å². The van der Waals surface area contributed by atoms with Gasteiger partial charge in [-0.1, -0.05) is 41.2 Å². The number of nitrogens with one attached hydrogen (secondary N) is 1. The Bertz CT molecular complexity index is 762. The van der Waals surface area contributed by atoms with E-state index in [1.807, 2.05) is 67.4 Å². The molecule has 1 N–H and O–H groups in total. The van der Waals surface area contributed by atoms with Crippen molar-refractivity contribution in [2.75, 3.05) is 23.8 Å². The van der Waals surface area contributed by atoms with E-state index in [1.54, 1.807) is 11.3 Å². The number of carbonyl (C=O) groups is 1. The molecule has 0 aliphatic heterocycles. The molecule has 0 unspecified atom stereocenters. The van der Waals surface area contributed by atoms with Crippen LogP contribution in [0.4, 0.5) is 10.8 Å². The van der Waals surface area contributed by atoms with Crippen LogP contribution in [0.25, 0.3) is 10.2 Å². The van der Waals surface area contributed by atoms with Gasteiger partial charge >= 0.3 is 0 Å². The Hall–Kier alpha value is -2.40. The molecule has 0 atom stereocenters. The van der Waals surface area contributed by atoms with Crippen LogP contribution in [0.15, 0.2) is 48.5 Å². The molecule has 1 amide bonds. The van der Waals surface area contributed by atoms with E-state index in [0.29, 0.717) is 0 Å². The molecule has 0 saturated heterocycles. The summed E-state index contributed by atoms with van der Waals surface area (Å²) in [6, 6.07) is 15.8. The fourth-order valence-corrected chi connectivity index (χ4v) is 3.07. The van der Waals surface area contributed by atoms with E-state index in [4.69, 9.17) is 0 Å². The molecule has 0 spiro atoms. The van der Waals surface area contributed by atoms with Gasteiger partial charge in [0.15, 0.2) is 5.13 Å². The fraction of sp³-hybridized carbons (Fsp3) is 0.176. The highest BCUT2D eigenvalue weighted by molar-refractivity contribution is 7.22. The lowest BCUT2D eigenvalue weighted by Gasteiger charge is -2.15. The van der Waals surface area contributed by atoms with Gasteiger partial charge in [0.25, 0.3) is 0 Å². The Morgan fingerprint density at radius 2 is 1.91 bits per heavy atom. The summed E-state index contributed by atoms with van der Waals surface area (Å²) < 4.78 is 1.13. The van der Waals surface area contributed by atoms with E-state index in [-0.39, 0.29) is 12.5 Å². The van der Waals surface area contributed by atoms with Crippen LogP contribution >= 0.6 is 11.3 Å². The Kier molecular flexibility index (Phi) is 4.06. The quantitative estimate of drug-likeness (QED) is 0.799. The second kappa shape index (κ2) is 6.15. The Labute approximate surface area is 133 Å². The molecule has 0 saturated carbocycles. The van der Waals surface area contributed by atoms with Gasteiger partial charge in [0.1, 0.15) is 0 Å². The maximum absolute atomic E-state index is 12.1. The maximum Gasteiger partial charge on any atom is 0.243 e. The van der Waals surface area contributed by atoms with E-state index in [0.717, 1.165) is 21.0 Å². The highest BCUT2D eigenvalue weighted by Crippen LogP contribution is 2.27. The number of para-hydroxylation sites is 1. The minimum atomic E-state index is -0.0504. The number of nitrogens with zero attached hydrogens (tertiary/aromatic N) is 2. The van der Waals surface area contributed by atoms with Crippen molar-refractivity contribution in [3.05, 3.63) is 54.1 Å². The highest BCUT2D eigenvalue weighted by atomic mass is 32.1. The summed E-state index contributed by atoms with van der Waals surface area (Å²) in [5.41, 5.74) is 2.95. The zero-order valence-electron chi connectivity index (χ0n) is 12.5. The summed E-state index contributed by atoms with van der Waals surface area (Å²) in [6.07, 6.45) is 0. The van der Waals surface area contributed by atoms with Crippen LogP contribution in [0.5, 0.6) is 0 Å². The van der Waals surface area contributed by atoms with Gasteiger partial charge in [-0.25, -0.2) is 4.98 Å². The molecule has 5 heteroatoms. The molecule has 1 heterocycles. The first kappa shape index (κ1) is 14.5. The summed E-state index contributed by atoms with van der Waals surface area (Å²) in [5.74, 6) is -0.0504. The Morgan fingerprint density at radius 1 is 1.18 bits per heavy atom. The fourth-order valence-electron chi connectivity index (χ4n) is 2.14. The van der Waals surface area contributed by atoms with Crippen molar-refractivity contribution in [2.45, 2.75) is 6.92 Å². The number of fused-ring (bicyclic) bond motifs is 1. The molecule has 112 valence electrons. The lowest BCUT2D eigenvalue weighted by atomic mass is 10.2. The van der Waals surface area contributed by atoms with Crippen LogP contribution in [0.3, 0.4) is 0 Å². The monoisotopic (exact) mass is 311 g/mol. The first-order chi connectivity index (χ1) is 10.6. The molecular formula is C17H17N3OS. The molecule has 3 aromatic rings. The topological polar surface area (TPSA) is 45.2 Å². The van der Waals surface area contributed by atoms with Crippen LogP contribution in [0.2, 0.25) is 0 Å². The molecule has 0 aliphatic rings. The summed E-state index contributed by atoms with van der Waals surface area (Å²) in [5, 5.41) is 3.75. The molecule has 0 radical (unpaired) electrons. The van der Waals surface area contributed by atoms with Crippen LogP contribution < -0.4 is 10.2 Å². The van der Waals surface area contributed by atoms with E-state index in [9.17, 15) is 4.79 Å². The van der Waals surface area contributed by atoms with Gasteiger partial charge in [-0.15, -0.1) is 0 Å². The predicted molar refractivity (Wildman–Crippen MR) is 92.7 cm³/mol. The van der Waals surface area contributed by atoms with E-state index >= 15 is 0 Å². The van der Waals surface area contributed by atoms with Crippen molar-refractivity contribution in [1.29, 1.82) is 0 Å². The number of benzene rings is 2. The number of hydrogen-bond donors (Lipinski definition) is 1. The minimum absolute atomic E-state index is 0.0504. The number of amides is 1. The number of carbonyl (C=O) groups excluding carboxylic acids is 1. The lowest BCUT2D eigenvalue weighted by molar-refractivity contribution is -0.114. The number of likely N-dealkylation sites (N-methyl/N-ethyl adjacent to an activating group) is 1. The van der Waals surface area contributed by atoms with Gasteiger partial charge in [-0.2, -0.15) is 0 Å². The van der Waals surface area contributed by atoms with Crippen LogP contribution in [-0.2, 0) is 4.79 Å². The van der Waals surface area contributed by atoms with E-state index in [2.05, 4.69) is 10.3 Å². The Morgan fingerprint density at radius 3 is 2.64 bits per heavy atom. The summed E-state index contributed by atoms with van der Waals surface area (Å²) in [7, 11) is 1.88. The van der Waals surface area contributed by atoms with Gasteiger partial charge in [0.05, 0.1) is 16.8 Å². The van der Waals surface area contributed by atoms with Crippen LogP contribution in [-0.4, -0.2) is 24.5 Å². The van der Waals surface area contributed by atoms with E-state index in [1.165, 1.54) is 5.56 Å². The largest absolute Gasteiger partial charge is 0.342 e. The molecule has 0 bridgehead atoms. The maximum atomic E-state index is 12.1. The smallest absolute Gasteiger partial charge is 0.243 e. The standard InChI is InChI=1S/C17H17N3OS/c1-12-7-9-13(10-8-12)18-16(21)11-20(2)17-19-14-5-3-4-6-15(14)22-17/h3-10H,11H2,1-2H3,(H,18,21). The van der Waals surface area contributed by atoms with Crippen LogP contribution in [0.1, 0.15) is 5.56 Å². The molecule has 0 aliphatic carbocycles. The zero-order valence-corrected chi connectivity index (χ0v) is 13.4. The molecule has 4 nitrogen and oxygen atoms in total. The normalized spacial score (nSPS) is 10.6. The van der Waals surface area contributed by atoms with Gasteiger partial charge in [0, 0.05) is 12.7 Å². The average Bonchev–Trinajstić information content (AvgIpc) is 2.93. The van der Waals surface area contributed by atoms with E-state index < -0.39 is 0 Å². The number of aryl methyl sites for hydroxylation is 1. The average molecular weight is 311 g/mol. The first-order valence-corrected chi connectivity index (χ1v) is 7.87. The Balaban J connectivity index is 1.66. The van der Waals surface area contributed by atoms with Crippen LogP contribution in [0, 0.1) is 6.92 Å². The van der Waals surface area contributed by atoms with Crippen molar-refractivity contribution in [3.63, 3.8) is 0 Å². The minimum Gasteiger partial charge on any atom is -0.342 e. The molecule has 2 aromatic carbocycles.